The van der Waals surface area contributed by atoms with Crippen LogP contribution in [0.3, 0.4) is 0 Å². The Morgan fingerprint density at radius 1 is 1.00 bits per heavy atom. The zero-order valence-corrected chi connectivity index (χ0v) is 14.1. The lowest BCUT2D eigenvalue weighted by molar-refractivity contribution is -0.138. The Morgan fingerprint density at radius 3 is 2.12 bits per heavy atom. The largest absolute Gasteiger partial charge is 0.481 e. The van der Waals surface area contributed by atoms with Gasteiger partial charge in [-0.05, 0) is 48.6 Å². The van der Waals surface area contributed by atoms with Crippen LogP contribution < -0.4 is 5.32 Å². The number of carboxylic acids is 1. The molecule has 2 rings (SSSR count). The van der Waals surface area contributed by atoms with E-state index in [9.17, 15) is 9.59 Å². The minimum absolute atomic E-state index is 0.0476. The first-order valence-corrected chi connectivity index (χ1v) is 8.20. The van der Waals surface area contributed by atoms with Crippen molar-refractivity contribution in [3.63, 3.8) is 0 Å². The number of amides is 1. The number of carbonyl (C=O) groups is 2. The highest BCUT2D eigenvalue weighted by atomic mass is 16.4. The highest BCUT2D eigenvalue weighted by Gasteiger charge is 2.13. The van der Waals surface area contributed by atoms with Crippen molar-refractivity contribution in [2.45, 2.75) is 39.0 Å². The summed E-state index contributed by atoms with van der Waals surface area (Å²) in [5.74, 6) is -1.46. The van der Waals surface area contributed by atoms with Gasteiger partial charge in [0.2, 0.25) is 5.91 Å². The summed E-state index contributed by atoms with van der Waals surface area (Å²) >= 11 is 0. The summed E-state index contributed by atoms with van der Waals surface area (Å²) in [6.07, 6.45) is 2.12. The lowest BCUT2D eigenvalue weighted by Crippen LogP contribution is -2.12. The van der Waals surface area contributed by atoms with E-state index in [1.807, 2.05) is 0 Å². The second kappa shape index (κ2) is 8.29. The number of carbonyl (C=O) groups excluding carboxylic acids is 1. The van der Waals surface area contributed by atoms with Crippen LogP contribution in [0.15, 0.2) is 48.5 Å². The topological polar surface area (TPSA) is 66.4 Å². The standard InChI is InChI=1S/C20H23NO3/c1-3-15-4-6-16(7-5-15)8-13-19(22)21-18-11-9-17(10-12-18)14(2)20(23)24/h4-7,9-12,14H,3,8,13H2,1-2H3,(H,21,22)(H,23,24). The van der Waals surface area contributed by atoms with Crippen LogP contribution in [0.25, 0.3) is 0 Å². The van der Waals surface area contributed by atoms with Crippen LogP contribution in [0.4, 0.5) is 5.69 Å². The third-order valence-corrected chi connectivity index (χ3v) is 4.14. The monoisotopic (exact) mass is 325 g/mol. The summed E-state index contributed by atoms with van der Waals surface area (Å²) in [4.78, 5) is 23.0. The third kappa shape index (κ3) is 4.95. The van der Waals surface area contributed by atoms with Crippen molar-refractivity contribution in [1.29, 1.82) is 0 Å². The number of nitrogens with one attached hydrogen (secondary N) is 1. The van der Waals surface area contributed by atoms with Gasteiger partial charge in [0.15, 0.2) is 0 Å². The first-order valence-electron chi connectivity index (χ1n) is 8.20. The predicted molar refractivity (Wildman–Crippen MR) is 95.3 cm³/mol. The molecule has 1 atom stereocenters. The van der Waals surface area contributed by atoms with Crippen LogP contribution in [-0.4, -0.2) is 17.0 Å². The number of benzene rings is 2. The highest BCUT2D eigenvalue weighted by Crippen LogP contribution is 2.18. The molecule has 0 saturated carbocycles. The van der Waals surface area contributed by atoms with Crippen molar-refractivity contribution >= 4 is 17.6 Å². The van der Waals surface area contributed by atoms with Gasteiger partial charge in [0.1, 0.15) is 0 Å². The van der Waals surface area contributed by atoms with Gasteiger partial charge in [-0.25, -0.2) is 0 Å². The lowest BCUT2D eigenvalue weighted by Gasteiger charge is -2.09. The van der Waals surface area contributed by atoms with Gasteiger partial charge in [0.25, 0.3) is 0 Å². The minimum Gasteiger partial charge on any atom is -0.481 e. The molecule has 4 heteroatoms. The van der Waals surface area contributed by atoms with Crippen molar-refractivity contribution in [1.82, 2.24) is 0 Å². The second-order valence-corrected chi connectivity index (χ2v) is 5.90. The maximum Gasteiger partial charge on any atom is 0.310 e. The molecule has 2 N–H and O–H groups in total. The fraction of sp³-hybridized carbons (Fsp3) is 0.300. The van der Waals surface area contributed by atoms with Crippen molar-refractivity contribution in [2.75, 3.05) is 5.32 Å². The van der Waals surface area contributed by atoms with E-state index in [4.69, 9.17) is 5.11 Å². The maximum atomic E-state index is 12.0. The molecule has 24 heavy (non-hydrogen) atoms. The molecular formula is C20H23NO3. The number of anilines is 1. The molecule has 2 aromatic carbocycles. The Hall–Kier alpha value is -2.62. The first kappa shape index (κ1) is 17.7. The average molecular weight is 325 g/mol. The summed E-state index contributed by atoms with van der Waals surface area (Å²) in [7, 11) is 0. The Morgan fingerprint density at radius 2 is 1.58 bits per heavy atom. The molecule has 1 unspecified atom stereocenters. The van der Waals surface area contributed by atoms with Crippen LogP contribution in [-0.2, 0) is 22.4 Å². The van der Waals surface area contributed by atoms with Crippen LogP contribution in [0, 0.1) is 0 Å². The molecule has 0 aliphatic carbocycles. The van der Waals surface area contributed by atoms with Gasteiger partial charge in [-0.2, -0.15) is 0 Å². The second-order valence-electron chi connectivity index (χ2n) is 5.90. The zero-order valence-electron chi connectivity index (χ0n) is 14.1. The molecule has 0 radical (unpaired) electrons. The quantitative estimate of drug-likeness (QED) is 0.808. The maximum absolute atomic E-state index is 12.0. The Kier molecular flexibility index (Phi) is 6.13. The smallest absolute Gasteiger partial charge is 0.310 e. The van der Waals surface area contributed by atoms with E-state index in [0.29, 0.717) is 18.5 Å². The van der Waals surface area contributed by atoms with Crippen LogP contribution in [0.2, 0.25) is 0 Å². The number of hydrogen-bond acceptors (Lipinski definition) is 2. The van der Waals surface area contributed by atoms with Crippen molar-refractivity contribution in [3.8, 4) is 0 Å². The molecule has 0 spiro atoms. The molecule has 4 nitrogen and oxygen atoms in total. The molecule has 1 amide bonds. The SMILES string of the molecule is CCc1ccc(CCC(=O)Nc2ccc(C(C)C(=O)O)cc2)cc1. The Labute approximate surface area is 142 Å². The van der Waals surface area contributed by atoms with Crippen molar-refractivity contribution in [3.05, 3.63) is 65.2 Å². The average Bonchev–Trinajstić information content (AvgIpc) is 2.60. The molecule has 0 aliphatic rings. The molecule has 0 aliphatic heterocycles. The number of aryl methyl sites for hydroxylation is 2. The number of carboxylic acid groups (broad SMARTS) is 1. The number of rotatable bonds is 7. The van der Waals surface area contributed by atoms with Gasteiger partial charge in [-0.3, -0.25) is 9.59 Å². The van der Waals surface area contributed by atoms with E-state index < -0.39 is 11.9 Å². The van der Waals surface area contributed by atoms with E-state index >= 15 is 0 Å². The van der Waals surface area contributed by atoms with E-state index in [1.165, 1.54) is 5.56 Å². The summed E-state index contributed by atoms with van der Waals surface area (Å²) in [6, 6.07) is 15.3. The first-order chi connectivity index (χ1) is 11.5. The fourth-order valence-electron chi connectivity index (χ4n) is 2.42. The molecule has 2 aromatic rings. The fourth-order valence-corrected chi connectivity index (χ4v) is 2.42. The van der Waals surface area contributed by atoms with Gasteiger partial charge in [0, 0.05) is 12.1 Å². The molecule has 0 aromatic heterocycles. The minimum atomic E-state index is -0.860. The Bertz CT molecular complexity index is 690. The highest BCUT2D eigenvalue weighted by molar-refractivity contribution is 5.90. The summed E-state index contributed by atoms with van der Waals surface area (Å²) < 4.78 is 0. The zero-order chi connectivity index (χ0) is 17.5. The van der Waals surface area contributed by atoms with E-state index in [-0.39, 0.29) is 5.91 Å². The Balaban J connectivity index is 1.86. The molecule has 126 valence electrons. The normalized spacial score (nSPS) is 11.8. The van der Waals surface area contributed by atoms with E-state index in [0.717, 1.165) is 17.5 Å². The van der Waals surface area contributed by atoms with Gasteiger partial charge in [-0.15, -0.1) is 0 Å². The predicted octanol–water partition coefficient (Wildman–Crippen LogP) is 4.01. The molecule has 0 fully saturated rings. The molecular weight excluding hydrogens is 302 g/mol. The third-order valence-electron chi connectivity index (χ3n) is 4.14. The van der Waals surface area contributed by atoms with Gasteiger partial charge >= 0.3 is 5.97 Å². The van der Waals surface area contributed by atoms with Crippen LogP contribution >= 0.6 is 0 Å². The summed E-state index contributed by atoms with van der Waals surface area (Å²) in [6.45, 7) is 3.75. The lowest BCUT2D eigenvalue weighted by atomic mass is 10.0. The van der Waals surface area contributed by atoms with Crippen molar-refractivity contribution < 1.29 is 14.7 Å². The van der Waals surface area contributed by atoms with Crippen LogP contribution in [0.1, 0.15) is 42.9 Å². The molecule has 0 bridgehead atoms. The van der Waals surface area contributed by atoms with Crippen LogP contribution in [0.5, 0.6) is 0 Å². The summed E-state index contributed by atoms with van der Waals surface area (Å²) in [5, 5.41) is 11.8. The number of aliphatic carboxylic acids is 1. The van der Waals surface area contributed by atoms with E-state index in [1.54, 1.807) is 31.2 Å². The van der Waals surface area contributed by atoms with E-state index in [2.05, 4.69) is 36.5 Å². The van der Waals surface area contributed by atoms with Gasteiger partial charge < -0.3 is 10.4 Å². The molecule has 0 saturated heterocycles. The molecule has 0 heterocycles. The van der Waals surface area contributed by atoms with Crippen molar-refractivity contribution in [2.24, 2.45) is 0 Å². The number of hydrogen-bond donors (Lipinski definition) is 2. The summed E-state index contributed by atoms with van der Waals surface area (Å²) in [5.41, 5.74) is 3.84. The van der Waals surface area contributed by atoms with Gasteiger partial charge in [0.05, 0.1) is 5.92 Å². The van der Waals surface area contributed by atoms with Gasteiger partial charge in [-0.1, -0.05) is 43.3 Å².